The van der Waals surface area contributed by atoms with Crippen LogP contribution in [0, 0.1) is 5.92 Å². The van der Waals surface area contributed by atoms with Gasteiger partial charge in [-0.2, -0.15) is 0 Å². The van der Waals surface area contributed by atoms with Crippen molar-refractivity contribution < 1.29 is 23.9 Å². The van der Waals surface area contributed by atoms with Crippen molar-refractivity contribution in [1.82, 2.24) is 4.90 Å². The quantitative estimate of drug-likeness (QED) is 0.622. The standard InChI is InChI=1S/C23H24ClN3O5S/c1-31-17-12-18(32-2)16(11-14(17)24)26-21(28)13-7-9-27(10-8-13)23(30)20-22(29)25-15-5-3-4-6-19(15)33-20/h3-6,11-13,20H,7-10H2,1-2H3,(H,25,29)(H,26,28)/t20-/m0/s1. The first-order valence-electron chi connectivity index (χ1n) is 10.5. The number of halogens is 1. The van der Waals surface area contributed by atoms with E-state index in [2.05, 4.69) is 10.6 Å². The minimum absolute atomic E-state index is 0.166. The third-order valence-corrected chi connectivity index (χ3v) is 7.32. The molecule has 0 unspecified atom stereocenters. The van der Waals surface area contributed by atoms with Crippen LogP contribution >= 0.6 is 23.4 Å². The Hall–Kier alpha value is -2.91. The zero-order valence-electron chi connectivity index (χ0n) is 18.2. The predicted octanol–water partition coefficient (Wildman–Crippen LogP) is 3.65. The lowest BCUT2D eigenvalue weighted by Crippen LogP contribution is -2.48. The summed E-state index contributed by atoms with van der Waals surface area (Å²) >= 11 is 7.45. The molecule has 2 heterocycles. The number of carbonyl (C=O) groups excluding carboxylic acids is 3. The van der Waals surface area contributed by atoms with Crippen LogP contribution in [-0.4, -0.2) is 55.2 Å². The van der Waals surface area contributed by atoms with E-state index in [0.29, 0.717) is 48.1 Å². The average molecular weight is 490 g/mol. The Morgan fingerprint density at radius 2 is 1.82 bits per heavy atom. The first kappa shape index (κ1) is 23.3. The Balaban J connectivity index is 1.36. The first-order chi connectivity index (χ1) is 15.9. The van der Waals surface area contributed by atoms with Gasteiger partial charge in [0.2, 0.25) is 17.7 Å². The number of amides is 3. The molecule has 2 aliphatic heterocycles. The monoisotopic (exact) mass is 489 g/mol. The molecule has 2 aromatic rings. The topological polar surface area (TPSA) is 97.0 Å². The number of para-hydroxylation sites is 1. The maximum Gasteiger partial charge on any atom is 0.247 e. The predicted molar refractivity (Wildman–Crippen MR) is 127 cm³/mol. The minimum Gasteiger partial charge on any atom is -0.495 e. The summed E-state index contributed by atoms with van der Waals surface area (Å²) in [6.45, 7) is 0.812. The SMILES string of the molecule is COc1cc(OC)c(NC(=O)C2CCN(C(=O)[C@H]3Sc4ccccc4NC3=O)CC2)cc1Cl. The van der Waals surface area contributed by atoms with Gasteiger partial charge in [0.25, 0.3) is 0 Å². The molecule has 0 radical (unpaired) electrons. The van der Waals surface area contributed by atoms with Crippen LogP contribution in [0.3, 0.4) is 0 Å². The molecule has 2 aliphatic rings. The second-order valence-corrected chi connectivity index (χ2v) is 9.31. The highest BCUT2D eigenvalue weighted by Gasteiger charge is 2.37. The van der Waals surface area contributed by atoms with Gasteiger partial charge in [-0.15, -0.1) is 11.8 Å². The Morgan fingerprint density at radius 1 is 1.12 bits per heavy atom. The number of fused-ring (bicyclic) bond motifs is 1. The minimum atomic E-state index is -0.823. The molecule has 2 N–H and O–H groups in total. The summed E-state index contributed by atoms with van der Waals surface area (Å²) in [4.78, 5) is 40.9. The third kappa shape index (κ3) is 4.89. The summed E-state index contributed by atoms with van der Waals surface area (Å²) in [5, 5.41) is 5.21. The molecule has 2 aromatic carbocycles. The number of anilines is 2. The molecular formula is C23H24ClN3O5S. The zero-order valence-corrected chi connectivity index (χ0v) is 19.8. The number of hydrogen-bond acceptors (Lipinski definition) is 6. The lowest BCUT2D eigenvalue weighted by molar-refractivity contribution is -0.136. The van der Waals surface area contributed by atoms with Crippen molar-refractivity contribution in [2.24, 2.45) is 5.92 Å². The van der Waals surface area contributed by atoms with E-state index in [-0.39, 0.29) is 23.6 Å². The molecule has 4 rings (SSSR count). The fourth-order valence-electron chi connectivity index (χ4n) is 3.93. The number of ether oxygens (including phenoxy) is 2. The lowest BCUT2D eigenvalue weighted by Gasteiger charge is -2.34. The summed E-state index contributed by atoms with van der Waals surface area (Å²) in [7, 11) is 3.00. The third-order valence-electron chi connectivity index (χ3n) is 5.76. The molecule has 10 heteroatoms. The number of methoxy groups -OCH3 is 2. The van der Waals surface area contributed by atoms with Crippen molar-refractivity contribution in [2.75, 3.05) is 37.9 Å². The number of nitrogens with zero attached hydrogens (tertiary/aromatic N) is 1. The van der Waals surface area contributed by atoms with E-state index in [9.17, 15) is 14.4 Å². The Morgan fingerprint density at radius 3 is 2.52 bits per heavy atom. The highest BCUT2D eigenvalue weighted by Crippen LogP contribution is 2.38. The summed E-state index contributed by atoms with van der Waals surface area (Å²) in [5.41, 5.74) is 1.18. The maximum atomic E-state index is 13.0. The zero-order chi connectivity index (χ0) is 23.5. The molecule has 0 aromatic heterocycles. The molecule has 1 saturated heterocycles. The van der Waals surface area contributed by atoms with Crippen LogP contribution in [0.1, 0.15) is 12.8 Å². The molecule has 0 aliphatic carbocycles. The number of carbonyl (C=O) groups is 3. The van der Waals surface area contributed by atoms with Gasteiger partial charge in [-0.1, -0.05) is 23.7 Å². The highest BCUT2D eigenvalue weighted by molar-refractivity contribution is 8.01. The number of thioether (sulfide) groups is 1. The molecule has 0 bridgehead atoms. The first-order valence-corrected chi connectivity index (χ1v) is 11.7. The average Bonchev–Trinajstić information content (AvgIpc) is 2.83. The fraction of sp³-hybridized carbons (Fsp3) is 0.348. The number of piperidine rings is 1. The van der Waals surface area contributed by atoms with Gasteiger partial charge in [0.05, 0.1) is 30.6 Å². The van der Waals surface area contributed by atoms with Gasteiger partial charge in [0.1, 0.15) is 11.5 Å². The molecule has 0 saturated carbocycles. The van der Waals surface area contributed by atoms with Gasteiger partial charge in [0.15, 0.2) is 5.25 Å². The Bertz CT molecular complexity index is 1090. The lowest BCUT2D eigenvalue weighted by atomic mass is 9.95. The van der Waals surface area contributed by atoms with Crippen LogP contribution in [0.4, 0.5) is 11.4 Å². The number of benzene rings is 2. The van der Waals surface area contributed by atoms with E-state index < -0.39 is 5.25 Å². The molecule has 0 spiro atoms. The van der Waals surface area contributed by atoms with Crippen LogP contribution in [-0.2, 0) is 14.4 Å². The summed E-state index contributed by atoms with van der Waals surface area (Å²) in [6.07, 6.45) is 0.999. The second kappa shape index (κ2) is 9.93. The van der Waals surface area contributed by atoms with E-state index >= 15 is 0 Å². The van der Waals surface area contributed by atoms with Crippen molar-refractivity contribution in [2.45, 2.75) is 23.0 Å². The van der Waals surface area contributed by atoms with Crippen molar-refractivity contribution in [3.05, 3.63) is 41.4 Å². The maximum absolute atomic E-state index is 13.0. The van der Waals surface area contributed by atoms with Gasteiger partial charge < -0.3 is 25.0 Å². The van der Waals surface area contributed by atoms with Crippen LogP contribution in [0.5, 0.6) is 11.5 Å². The molecule has 3 amide bonds. The smallest absolute Gasteiger partial charge is 0.247 e. The molecular weight excluding hydrogens is 466 g/mol. The van der Waals surface area contributed by atoms with E-state index in [1.807, 2.05) is 24.3 Å². The van der Waals surface area contributed by atoms with E-state index in [1.54, 1.807) is 17.0 Å². The van der Waals surface area contributed by atoms with E-state index in [1.165, 1.54) is 26.0 Å². The number of hydrogen-bond donors (Lipinski definition) is 2. The summed E-state index contributed by atoms with van der Waals surface area (Å²) in [5.74, 6) is -0.0848. The van der Waals surface area contributed by atoms with Crippen molar-refractivity contribution in [3.8, 4) is 11.5 Å². The van der Waals surface area contributed by atoms with Crippen LogP contribution < -0.4 is 20.1 Å². The largest absolute Gasteiger partial charge is 0.495 e. The fourth-order valence-corrected chi connectivity index (χ4v) is 5.25. The summed E-state index contributed by atoms with van der Waals surface area (Å²) in [6, 6.07) is 10.6. The Labute approximate surface area is 200 Å². The van der Waals surface area contributed by atoms with Gasteiger partial charge in [-0.05, 0) is 31.0 Å². The number of likely N-dealkylation sites (tertiary alicyclic amines) is 1. The highest BCUT2D eigenvalue weighted by atomic mass is 35.5. The molecule has 174 valence electrons. The summed E-state index contributed by atoms with van der Waals surface area (Å²) < 4.78 is 10.5. The van der Waals surface area contributed by atoms with Gasteiger partial charge in [-0.25, -0.2) is 0 Å². The number of nitrogens with one attached hydrogen (secondary N) is 2. The van der Waals surface area contributed by atoms with Gasteiger partial charge >= 0.3 is 0 Å². The van der Waals surface area contributed by atoms with Crippen LogP contribution in [0.15, 0.2) is 41.3 Å². The second-order valence-electron chi connectivity index (χ2n) is 7.76. The van der Waals surface area contributed by atoms with E-state index in [4.69, 9.17) is 21.1 Å². The van der Waals surface area contributed by atoms with Crippen LogP contribution in [0.25, 0.3) is 0 Å². The van der Waals surface area contributed by atoms with Crippen molar-refractivity contribution >= 4 is 52.5 Å². The molecule has 8 nitrogen and oxygen atoms in total. The van der Waals surface area contributed by atoms with Crippen molar-refractivity contribution in [3.63, 3.8) is 0 Å². The van der Waals surface area contributed by atoms with E-state index in [0.717, 1.165) is 10.6 Å². The molecule has 1 atom stereocenters. The van der Waals surface area contributed by atoms with Gasteiger partial charge in [0, 0.05) is 30.0 Å². The van der Waals surface area contributed by atoms with Crippen molar-refractivity contribution in [1.29, 1.82) is 0 Å². The molecule has 33 heavy (non-hydrogen) atoms. The Kier molecular flexibility index (Phi) is 6.99. The number of rotatable bonds is 5. The van der Waals surface area contributed by atoms with Gasteiger partial charge in [-0.3, -0.25) is 14.4 Å². The van der Waals surface area contributed by atoms with Crippen LogP contribution in [0.2, 0.25) is 5.02 Å². The normalized spacial score (nSPS) is 18.2. The molecule has 1 fully saturated rings.